The Bertz CT molecular complexity index is 1380. The summed E-state index contributed by atoms with van der Waals surface area (Å²) in [5, 5.41) is 21.5. The number of carboxylic acid groups (broad SMARTS) is 2. The predicted octanol–water partition coefficient (Wildman–Crippen LogP) is 4.37. The Morgan fingerprint density at radius 2 is 1.89 bits per heavy atom. The fourth-order valence-corrected chi connectivity index (χ4v) is 4.03. The van der Waals surface area contributed by atoms with E-state index in [1.54, 1.807) is 11.0 Å². The molecule has 36 heavy (non-hydrogen) atoms. The Kier molecular flexibility index (Phi) is 8.69. The van der Waals surface area contributed by atoms with Gasteiger partial charge in [0.05, 0.1) is 22.6 Å². The first-order chi connectivity index (χ1) is 17.1. The Balaban J connectivity index is 1.82. The largest absolute Gasteiger partial charge is 0.481 e. The normalized spacial score (nSPS) is 11.5. The van der Waals surface area contributed by atoms with Crippen molar-refractivity contribution in [3.05, 3.63) is 69.6 Å². The molecule has 186 valence electrons. The van der Waals surface area contributed by atoms with E-state index in [-0.39, 0.29) is 23.7 Å². The van der Waals surface area contributed by atoms with E-state index >= 15 is 0 Å². The van der Waals surface area contributed by atoms with E-state index in [1.165, 1.54) is 18.2 Å². The van der Waals surface area contributed by atoms with E-state index < -0.39 is 36.1 Å². The molecule has 0 unspecified atom stereocenters. The molecule has 0 aliphatic heterocycles. The van der Waals surface area contributed by atoms with Gasteiger partial charge in [-0.15, -0.1) is 6.42 Å². The molecule has 0 fully saturated rings. The summed E-state index contributed by atoms with van der Waals surface area (Å²) in [7, 11) is 0. The van der Waals surface area contributed by atoms with Crippen LogP contribution in [0.25, 0.3) is 10.9 Å². The molecule has 3 aromatic rings. The van der Waals surface area contributed by atoms with Crippen molar-refractivity contribution in [2.45, 2.75) is 25.4 Å². The summed E-state index contributed by atoms with van der Waals surface area (Å²) in [4.78, 5) is 40.4. The summed E-state index contributed by atoms with van der Waals surface area (Å²) in [6.07, 6.45) is 4.69. The van der Waals surface area contributed by atoms with Crippen LogP contribution in [0.4, 0.5) is 10.1 Å². The first-order valence-electron chi connectivity index (χ1n) is 10.6. The minimum atomic E-state index is -1.48. The standard InChI is InChI=1S/C25H20Cl2FN3O5/c1-2-9-31(13-14-3-6-20-17(10-14)18(26)12-22(27)29-20)15-4-5-16(19(28)11-15)24(34)30-21(25(35)36)7-8-23(32)33/h1,3-6,10-12,21H,7-9,13H2,(H,30,34)(H,32,33)(H,35,36)/t21-/m0/s1. The van der Waals surface area contributed by atoms with Crippen molar-refractivity contribution in [3.8, 4) is 12.3 Å². The molecule has 11 heteroatoms. The fraction of sp³-hybridized carbons (Fsp3) is 0.200. The lowest BCUT2D eigenvalue weighted by Gasteiger charge is -2.23. The fourth-order valence-electron chi connectivity index (χ4n) is 3.52. The van der Waals surface area contributed by atoms with E-state index in [2.05, 4.69) is 16.2 Å². The molecule has 1 heterocycles. The van der Waals surface area contributed by atoms with Gasteiger partial charge in [0.25, 0.3) is 5.91 Å². The molecule has 2 aromatic carbocycles. The van der Waals surface area contributed by atoms with E-state index in [1.807, 2.05) is 12.1 Å². The number of aliphatic carboxylic acids is 2. The second-order valence-electron chi connectivity index (χ2n) is 7.80. The molecule has 3 N–H and O–H groups in total. The molecule has 0 bridgehead atoms. The van der Waals surface area contributed by atoms with Crippen LogP contribution in [0.2, 0.25) is 10.2 Å². The smallest absolute Gasteiger partial charge is 0.326 e. The number of nitrogens with zero attached hydrogens (tertiary/aromatic N) is 2. The monoisotopic (exact) mass is 531 g/mol. The molecular weight excluding hydrogens is 512 g/mol. The zero-order chi connectivity index (χ0) is 26.4. The number of hydrogen-bond acceptors (Lipinski definition) is 5. The highest BCUT2D eigenvalue weighted by Gasteiger charge is 2.23. The van der Waals surface area contributed by atoms with Crippen LogP contribution in [0.15, 0.2) is 42.5 Å². The lowest BCUT2D eigenvalue weighted by molar-refractivity contribution is -0.140. The summed E-state index contributed by atoms with van der Waals surface area (Å²) >= 11 is 12.2. The van der Waals surface area contributed by atoms with Gasteiger partial charge >= 0.3 is 11.9 Å². The van der Waals surface area contributed by atoms with Crippen LogP contribution in [0.3, 0.4) is 0 Å². The molecule has 0 saturated carbocycles. The number of amides is 1. The molecule has 0 spiro atoms. The van der Waals surface area contributed by atoms with Crippen molar-refractivity contribution in [3.63, 3.8) is 0 Å². The van der Waals surface area contributed by atoms with Crippen molar-refractivity contribution < 1.29 is 29.0 Å². The lowest BCUT2D eigenvalue weighted by atomic mass is 10.1. The number of hydrogen-bond donors (Lipinski definition) is 3. The molecule has 1 atom stereocenters. The summed E-state index contributed by atoms with van der Waals surface area (Å²) in [5.41, 5.74) is 1.43. The van der Waals surface area contributed by atoms with Gasteiger partial charge in [-0.1, -0.05) is 35.2 Å². The van der Waals surface area contributed by atoms with Gasteiger partial charge < -0.3 is 20.4 Å². The molecule has 0 aliphatic rings. The number of nitrogens with one attached hydrogen (secondary N) is 1. The minimum Gasteiger partial charge on any atom is -0.481 e. The SMILES string of the molecule is C#CCN(Cc1ccc2nc(Cl)cc(Cl)c2c1)c1ccc(C(=O)N[C@@H](CCC(=O)O)C(=O)O)c(F)c1. The molecule has 0 radical (unpaired) electrons. The number of pyridine rings is 1. The maximum absolute atomic E-state index is 14.9. The zero-order valence-electron chi connectivity index (χ0n) is 18.7. The second-order valence-corrected chi connectivity index (χ2v) is 8.59. The Morgan fingerprint density at radius 3 is 2.53 bits per heavy atom. The van der Waals surface area contributed by atoms with Gasteiger partial charge in [-0.05, 0) is 48.4 Å². The number of aromatic nitrogens is 1. The van der Waals surface area contributed by atoms with Crippen molar-refractivity contribution in [2.75, 3.05) is 11.4 Å². The number of carboxylic acids is 2. The Morgan fingerprint density at radius 1 is 1.14 bits per heavy atom. The van der Waals surface area contributed by atoms with Gasteiger partial charge in [-0.3, -0.25) is 9.59 Å². The number of rotatable bonds is 10. The van der Waals surface area contributed by atoms with Gasteiger partial charge in [0.15, 0.2) is 0 Å². The summed E-state index contributed by atoms with van der Waals surface area (Å²) in [6.45, 7) is 0.423. The Labute approximate surface area is 215 Å². The molecule has 8 nitrogen and oxygen atoms in total. The minimum absolute atomic E-state index is 0.131. The molecule has 0 aliphatic carbocycles. The van der Waals surface area contributed by atoms with Gasteiger partial charge in [-0.2, -0.15) is 0 Å². The quantitative estimate of drug-likeness (QED) is 0.262. The average Bonchev–Trinajstić information content (AvgIpc) is 2.81. The van der Waals surface area contributed by atoms with Crippen molar-refractivity contribution in [2.24, 2.45) is 0 Å². The highest BCUT2D eigenvalue weighted by molar-refractivity contribution is 6.37. The van der Waals surface area contributed by atoms with Crippen molar-refractivity contribution in [1.29, 1.82) is 0 Å². The zero-order valence-corrected chi connectivity index (χ0v) is 20.2. The van der Waals surface area contributed by atoms with E-state index in [0.717, 1.165) is 11.6 Å². The van der Waals surface area contributed by atoms with Crippen LogP contribution in [0, 0.1) is 18.2 Å². The lowest BCUT2D eigenvalue weighted by Crippen LogP contribution is -2.41. The number of terminal acetylenes is 1. The molecule has 1 amide bonds. The molecule has 1 aromatic heterocycles. The molecular formula is C25H20Cl2FN3O5. The molecule has 0 saturated heterocycles. The second kappa shape index (κ2) is 11.7. The number of carbonyl (C=O) groups excluding carboxylic acids is 1. The van der Waals surface area contributed by atoms with Gasteiger partial charge in [0.1, 0.15) is 17.0 Å². The third-order valence-electron chi connectivity index (χ3n) is 5.26. The van der Waals surface area contributed by atoms with Gasteiger partial charge in [0.2, 0.25) is 0 Å². The summed E-state index contributed by atoms with van der Waals surface area (Å²) < 4.78 is 14.9. The average molecular weight is 532 g/mol. The van der Waals surface area contributed by atoms with Crippen molar-refractivity contribution >= 4 is 57.6 Å². The number of fused-ring (bicyclic) bond motifs is 1. The van der Waals surface area contributed by atoms with Crippen LogP contribution in [-0.2, 0) is 16.1 Å². The van der Waals surface area contributed by atoms with Crippen LogP contribution < -0.4 is 10.2 Å². The third-order valence-corrected chi connectivity index (χ3v) is 5.77. The maximum atomic E-state index is 14.9. The van der Waals surface area contributed by atoms with Gasteiger partial charge in [-0.25, -0.2) is 14.2 Å². The third kappa shape index (κ3) is 6.62. The number of benzene rings is 2. The summed E-state index contributed by atoms with van der Waals surface area (Å²) in [6, 6.07) is 9.26. The van der Waals surface area contributed by atoms with Crippen LogP contribution in [0.1, 0.15) is 28.8 Å². The van der Waals surface area contributed by atoms with E-state index in [4.69, 9.17) is 34.7 Å². The van der Waals surface area contributed by atoms with E-state index in [0.29, 0.717) is 28.2 Å². The van der Waals surface area contributed by atoms with Crippen LogP contribution in [0.5, 0.6) is 0 Å². The number of carbonyl (C=O) groups is 3. The first kappa shape index (κ1) is 26.7. The maximum Gasteiger partial charge on any atom is 0.326 e. The number of halogens is 3. The van der Waals surface area contributed by atoms with Gasteiger partial charge in [0, 0.05) is 24.0 Å². The summed E-state index contributed by atoms with van der Waals surface area (Å²) in [5.74, 6) is -1.99. The first-order valence-corrected chi connectivity index (χ1v) is 11.3. The Hall–Kier alpha value is -3.87. The molecule has 3 rings (SSSR count). The highest BCUT2D eigenvalue weighted by atomic mass is 35.5. The topological polar surface area (TPSA) is 120 Å². The van der Waals surface area contributed by atoms with Crippen LogP contribution in [-0.4, -0.2) is 45.6 Å². The number of anilines is 1. The highest BCUT2D eigenvalue weighted by Crippen LogP contribution is 2.28. The van der Waals surface area contributed by atoms with Crippen LogP contribution >= 0.6 is 23.2 Å². The van der Waals surface area contributed by atoms with Crippen molar-refractivity contribution in [1.82, 2.24) is 10.3 Å². The van der Waals surface area contributed by atoms with E-state index in [9.17, 15) is 23.9 Å². The predicted molar refractivity (Wildman–Crippen MR) is 134 cm³/mol.